The van der Waals surface area contributed by atoms with Crippen LogP contribution >= 0.6 is 12.6 Å². The van der Waals surface area contributed by atoms with Crippen molar-refractivity contribution in [2.75, 3.05) is 12.3 Å². The summed E-state index contributed by atoms with van der Waals surface area (Å²) >= 11 is 3.98. The van der Waals surface area contributed by atoms with Crippen LogP contribution in [0.5, 0.6) is 0 Å². The van der Waals surface area contributed by atoms with Crippen LogP contribution in [0.2, 0.25) is 0 Å². The van der Waals surface area contributed by atoms with Crippen LogP contribution in [0.3, 0.4) is 0 Å². The van der Waals surface area contributed by atoms with E-state index in [-0.39, 0.29) is 18.1 Å². The molecule has 5 unspecified atom stereocenters. The molecule has 184 valence electrons. The number of nitrogens with one attached hydrogen (secondary N) is 3. The fourth-order valence-electron chi connectivity index (χ4n) is 2.74. The van der Waals surface area contributed by atoms with Crippen LogP contribution in [0, 0.1) is 5.92 Å². The number of thiol groups is 1. The highest BCUT2D eigenvalue weighted by Crippen LogP contribution is 2.10. The molecule has 0 aliphatic heterocycles. The SMILES string of the molecule is CCC(C)C(NC(=O)C(N)CS)C(=O)NC(CCCCN)C(=O)NC(CC(N)=O)C(=O)O. The van der Waals surface area contributed by atoms with E-state index in [1.165, 1.54) is 0 Å². The lowest BCUT2D eigenvalue weighted by Gasteiger charge is -2.27. The predicted octanol–water partition coefficient (Wildman–Crippen LogP) is -2.17. The number of carbonyl (C=O) groups excluding carboxylic acids is 4. The molecule has 10 N–H and O–H groups in total. The van der Waals surface area contributed by atoms with Crippen molar-refractivity contribution in [1.82, 2.24) is 16.0 Å². The second-order valence-electron chi connectivity index (χ2n) is 7.58. The van der Waals surface area contributed by atoms with Crippen molar-refractivity contribution in [3.63, 3.8) is 0 Å². The third-order valence-electron chi connectivity index (χ3n) is 4.93. The van der Waals surface area contributed by atoms with E-state index in [0.29, 0.717) is 25.8 Å². The Morgan fingerprint density at radius 1 is 0.969 bits per heavy atom. The van der Waals surface area contributed by atoms with Gasteiger partial charge in [0.1, 0.15) is 18.1 Å². The standard InChI is InChI=1S/C19H36N6O6S/c1-3-10(2)15(25-16(27)11(21)9-32)18(29)23-12(6-4-5-7-20)17(28)24-13(19(30)31)8-14(22)26/h10-13,15,32H,3-9,20-21H2,1-2H3,(H2,22,26)(H,23,29)(H,24,28)(H,25,27)(H,30,31). The molecule has 4 amide bonds. The number of carboxylic acids is 1. The molecule has 0 aromatic heterocycles. The van der Waals surface area contributed by atoms with Gasteiger partial charge in [-0.1, -0.05) is 20.3 Å². The van der Waals surface area contributed by atoms with E-state index in [9.17, 15) is 29.1 Å². The molecule has 0 rings (SSSR count). The molecule has 0 aromatic rings. The van der Waals surface area contributed by atoms with Gasteiger partial charge in [-0.2, -0.15) is 12.6 Å². The maximum atomic E-state index is 13.0. The van der Waals surface area contributed by atoms with Gasteiger partial charge in [-0.3, -0.25) is 19.2 Å². The number of amides is 4. The summed E-state index contributed by atoms with van der Waals surface area (Å²) in [6, 6.07) is -4.52. The average Bonchev–Trinajstić information content (AvgIpc) is 2.74. The fourth-order valence-corrected chi connectivity index (χ4v) is 2.91. The van der Waals surface area contributed by atoms with Gasteiger partial charge in [-0.15, -0.1) is 0 Å². The number of carboxylic acid groups (broad SMARTS) is 1. The summed E-state index contributed by atoms with van der Waals surface area (Å²) in [6.45, 7) is 3.96. The summed E-state index contributed by atoms with van der Waals surface area (Å²) in [5.74, 6) is -4.49. The van der Waals surface area contributed by atoms with Crippen molar-refractivity contribution in [2.45, 2.75) is 70.1 Å². The first-order valence-electron chi connectivity index (χ1n) is 10.5. The van der Waals surface area contributed by atoms with Gasteiger partial charge in [0.25, 0.3) is 0 Å². The first-order valence-corrected chi connectivity index (χ1v) is 11.1. The van der Waals surface area contributed by atoms with Crippen molar-refractivity contribution in [3.05, 3.63) is 0 Å². The summed E-state index contributed by atoms with van der Waals surface area (Å²) in [7, 11) is 0. The maximum Gasteiger partial charge on any atom is 0.326 e. The minimum absolute atomic E-state index is 0.0846. The zero-order valence-corrected chi connectivity index (χ0v) is 19.4. The quantitative estimate of drug-likeness (QED) is 0.0902. The van der Waals surface area contributed by atoms with Gasteiger partial charge in [0.05, 0.1) is 12.5 Å². The smallest absolute Gasteiger partial charge is 0.326 e. The van der Waals surface area contributed by atoms with Gasteiger partial charge in [0.2, 0.25) is 23.6 Å². The molecule has 13 heteroatoms. The molecule has 0 aliphatic rings. The van der Waals surface area contributed by atoms with Crippen LogP contribution < -0.4 is 33.2 Å². The summed E-state index contributed by atoms with van der Waals surface area (Å²) < 4.78 is 0. The van der Waals surface area contributed by atoms with Gasteiger partial charge in [0.15, 0.2) is 0 Å². The Labute approximate surface area is 193 Å². The number of hydrogen-bond donors (Lipinski definition) is 8. The number of hydrogen-bond acceptors (Lipinski definition) is 8. The Bertz CT molecular complexity index is 664. The van der Waals surface area contributed by atoms with E-state index in [4.69, 9.17) is 17.2 Å². The number of primary amides is 1. The first kappa shape index (κ1) is 29.6. The summed E-state index contributed by atoms with van der Waals surface area (Å²) in [5.41, 5.74) is 16.2. The zero-order valence-electron chi connectivity index (χ0n) is 18.5. The lowest BCUT2D eigenvalue weighted by Crippen LogP contribution is -2.59. The number of unbranched alkanes of at least 4 members (excludes halogenated alkanes) is 1. The molecule has 5 atom stereocenters. The summed E-state index contributed by atoms with van der Waals surface area (Å²) in [5, 5.41) is 16.6. The van der Waals surface area contributed by atoms with Gasteiger partial charge >= 0.3 is 5.97 Å². The molecule has 0 radical (unpaired) electrons. The first-order chi connectivity index (χ1) is 15.0. The van der Waals surface area contributed by atoms with E-state index in [2.05, 4.69) is 28.6 Å². The van der Waals surface area contributed by atoms with Crippen LogP contribution in [-0.4, -0.2) is 71.2 Å². The number of nitrogens with two attached hydrogens (primary N) is 3. The highest BCUT2D eigenvalue weighted by molar-refractivity contribution is 7.80. The molecule has 12 nitrogen and oxygen atoms in total. The van der Waals surface area contributed by atoms with Crippen LogP contribution in [0.1, 0.15) is 46.0 Å². The molecule has 0 saturated carbocycles. The molecular formula is C19H36N6O6S. The topological polar surface area (TPSA) is 220 Å². The predicted molar refractivity (Wildman–Crippen MR) is 121 cm³/mol. The van der Waals surface area contributed by atoms with Crippen molar-refractivity contribution < 1.29 is 29.1 Å². The molecule has 0 aliphatic carbocycles. The van der Waals surface area contributed by atoms with E-state index in [0.717, 1.165) is 0 Å². The lowest BCUT2D eigenvalue weighted by molar-refractivity contribution is -0.143. The minimum Gasteiger partial charge on any atom is -0.480 e. The molecule has 0 heterocycles. The Balaban J connectivity index is 5.54. The molecule has 0 spiro atoms. The molecule has 32 heavy (non-hydrogen) atoms. The Hall–Kier alpha value is -2.38. The van der Waals surface area contributed by atoms with Crippen molar-refractivity contribution >= 4 is 42.2 Å². The molecule has 0 fully saturated rings. The second-order valence-corrected chi connectivity index (χ2v) is 7.94. The molecule has 0 saturated heterocycles. The molecule has 0 bridgehead atoms. The number of rotatable bonds is 16. The van der Waals surface area contributed by atoms with Crippen molar-refractivity contribution in [1.29, 1.82) is 0 Å². The monoisotopic (exact) mass is 476 g/mol. The third kappa shape index (κ3) is 10.8. The van der Waals surface area contributed by atoms with Crippen LogP contribution in [-0.2, 0) is 24.0 Å². The molecular weight excluding hydrogens is 440 g/mol. The normalized spacial score (nSPS) is 15.5. The van der Waals surface area contributed by atoms with E-state index in [1.54, 1.807) is 6.92 Å². The van der Waals surface area contributed by atoms with E-state index >= 15 is 0 Å². The fraction of sp³-hybridized carbons (Fsp3) is 0.737. The van der Waals surface area contributed by atoms with Gasteiger partial charge in [0, 0.05) is 5.75 Å². The molecule has 0 aromatic carbocycles. The number of aliphatic carboxylic acids is 1. The van der Waals surface area contributed by atoms with Crippen LogP contribution in [0.15, 0.2) is 0 Å². The third-order valence-corrected chi connectivity index (χ3v) is 5.32. The lowest BCUT2D eigenvalue weighted by atomic mass is 9.97. The minimum atomic E-state index is -1.53. The Morgan fingerprint density at radius 2 is 1.56 bits per heavy atom. The van der Waals surface area contributed by atoms with Gasteiger partial charge in [-0.05, 0) is 31.7 Å². The van der Waals surface area contributed by atoms with Crippen molar-refractivity contribution in [3.8, 4) is 0 Å². The van der Waals surface area contributed by atoms with Gasteiger partial charge < -0.3 is 38.3 Å². The number of carbonyl (C=O) groups is 5. The summed E-state index contributed by atoms with van der Waals surface area (Å²) in [6.07, 6.45) is 1.18. The average molecular weight is 477 g/mol. The maximum absolute atomic E-state index is 13.0. The Morgan fingerprint density at radius 3 is 2.03 bits per heavy atom. The largest absolute Gasteiger partial charge is 0.480 e. The Kier molecular flexibility index (Phi) is 14.3. The van der Waals surface area contributed by atoms with Crippen LogP contribution in [0.25, 0.3) is 0 Å². The van der Waals surface area contributed by atoms with E-state index < -0.39 is 60.2 Å². The zero-order chi connectivity index (χ0) is 24.8. The highest BCUT2D eigenvalue weighted by Gasteiger charge is 2.32. The highest BCUT2D eigenvalue weighted by atomic mass is 32.1. The van der Waals surface area contributed by atoms with Gasteiger partial charge in [-0.25, -0.2) is 4.79 Å². The summed E-state index contributed by atoms with van der Waals surface area (Å²) in [4.78, 5) is 60.3. The van der Waals surface area contributed by atoms with E-state index in [1.807, 2.05) is 6.92 Å². The second kappa shape index (κ2) is 15.4. The van der Waals surface area contributed by atoms with Crippen LogP contribution in [0.4, 0.5) is 0 Å². The van der Waals surface area contributed by atoms with Crippen molar-refractivity contribution in [2.24, 2.45) is 23.1 Å².